The van der Waals surface area contributed by atoms with Gasteiger partial charge in [-0.05, 0) is 24.9 Å². The number of nitrogens with zero attached hydrogens (tertiary/aromatic N) is 2. The van der Waals surface area contributed by atoms with Crippen molar-refractivity contribution in [2.45, 2.75) is 19.4 Å². The van der Waals surface area contributed by atoms with Crippen LogP contribution in [0.25, 0.3) is 0 Å². The summed E-state index contributed by atoms with van der Waals surface area (Å²) in [5, 5.41) is 3.17. The minimum atomic E-state index is 0.517. The highest BCUT2D eigenvalue weighted by Crippen LogP contribution is 2.00. The average molecular weight is 379 g/mol. The first-order valence-electron chi connectivity index (χ1n) is 9.88. The van der Waals surface area contributed by atoms with Crippen molar-refractivity contribution in [2.75, 3.05) is 65.8 Å². The number of hydrogen-bond acceptors (Lipinski definition) is 5. The van der Waals surface area contributed by atoms with Gasteiger partial charge in [0.25, 0.3) is 0 Å². The van der Waals surface area contributed by atoms with Gasteiger partial charge >= 0.3 is 0 Å². The van der Waals surface area contributed by atoms with Gasteiger partial charge in [0.15, 0.2) is 5.96 Å². The maximum Gasteiger partial charge on any atom is 0.188 e. The Morgan fingerprint density at radius 1 is 1.07 bits per heavy atom. The van der Waals surface area contributed by atoms with Crippen LogP contribution in [0.2, 0.25) is 0 Å². The van der Waals surface area contributed by atoms with Crippen LogP contribution in [-0.4, -0.2) is 76.6 Å². The van der Waals surface area contributed by atoms with Gasteiger partial charge in [-0.2, -0.15) is 0 Å². The molecular weight excluding hydrogens is 344 g/mol. The first-order valence-corrected chi connectivity index (χ1v) is 9.88. The molecule has 0 spiro atoms. The van der Waals surface area contributed by atoms with E-state index in [-0.39, 0.29) is 0 Å². The standard InChI is InChI=1S/C20H34N4O3/c21-20(22-8-4-10-24-11-14-26-15-12-24)23-9-5-13-25-16-17-27-18-19-6-2-1-3-7-19/h1-3,6-7H,4-5,8-18H2,(H3,21,22,23). The predicted molar refractivity (Wildman–Crippen MR) is 108 cm³/mol. The lowest BCUT2D eigenvalue weighted by Crippen LogP contribution is -2.39. The third kappa shape index (κ3) is 10.9. The van der Waals surface area contributed by atoms with Gasteiger partial charge in [-0.25, -0.2) is 0 Å². The Hall–Kier alpha value is -1.67. The Kier molecular flexibility index (Phi) is 11.5. The van der Waals surface area contributed by atoms with E-state index in [0.29, 0.717) is 38.9 Å². The van der Waals surface area contributed by atoms with Crippen LogP contribution in [0.15, 0.2) is 35.3 Å². The van der Waals surface area contributed by atoms with Crippen LogP contribution >= 0.6 is 0 Å². The molecule has 0 bridgehead atoms. The van der Waals surface area contributed by atoms with Gasteiger partial charge in [0.2, 0.25) is 0 Å². The van der Waals surface area contributed by atoms with E-state index in [0.717, 1.165) is 52.2 Å². The molecule has 0 unspecified atom stereocenters. The molecule has 1 saturated heterocycles. The molecule has 0 saturated carbocycles. The molecule has 0 aromatic heterocycles. The minimum absolute atomic E-state index is 0.517. The molecule has 1 aromatic rings. The summed E-state index contributed by atoms with van der Waals surface area (Å²) in [6.07, 6.45) is 1.91. The van der Waals surface area contributed by atoms with E-state index in [1.807, 2.05) is 18.2 Å². The summed E-state index contributed by atoms with van der Waals surface area (Å²) in [5.41, 5.74) is 7.05. The average Bonchev–Trinajstić information content (AvgIpc) is 2.71. The first-order chi connectivity index (χ1) is 13.3. The lowest BCUT2D eigenvalue weighted by molar-refractivity contribution is 0.0376. The molecule has 2 rings (SSSR count). The molecule has 1 aromatic carbocycles. The molecule has 1 fully saturated rings. The van der Waals surface area contributed by atoms with Crippen molar-refractivity contribution in [1.29, 1.82) is 0 Å². The van der Waals surface area contributed by atoms with Gasteiger partial charge in [0.1, 0.15) is 0 Å². The SMILES string of the molecule is NC(=NCCCOCCOCc1ccccc1)NCCCN1CCOCC1. The number of ether oxygens (including phenoxy) is 3. The van der Waals surface area contributed by atoms with Crippen LogP contribution in [0.4, 0.5) is 0 Å². The normalized spacial score (nSPS) is 15.8. The van der Waals surface area contributed by atoms with E-state index in [1.165, 1.54) is 5.56 Å². The second-order valence-electron chi connectivity index (χ2n) is 6.51. The number of morpholine rings is 1. The van der Waals surface area contributed by atoms with Crippen molar-refractivity contribution in [3.63, 3.8) is 0 Å². The zero-order chi connectivity index (χ0) is 19.0. The molecule has 1 heterocycles. The molecule has 0 aliphatic carbocycles. The highest BCUT2D eigenvalue weighted by atomic mass is 16.5. The van der Waals surface area contributed by atoms with Crippen LogP contribution in [0.3, 0.4) is 0 Å². The second-order valence-corrected chi connectivity index (χ2v) is 6.51. The zero-order valence-corrected chi connectivity index (χ0v) is 16.3. The Morgan fingerprint density at radius 3 is 2.67 bits per heavy atom. The smallest absolute Gasteiger partial charge is 0.188 e. The van der Waals surface area contributed by atoms with Crippen LogP contribution < -0.4 is 11.1 Å². The highest BCUT2D eigenvalue weighted by Gasteiger charge is 2.08. The summed E-state index contributed by atoms with van der Waals surface area (Å²) >= 11 is 0. The van der Waals surface area contributed by atoms with Crippen molar-refractivity contribution >= 4 is 5.96 Å². The topological polar surface area (TPSA) is 81.3 Å². The fourth-order valence-electron chi connectivity index (χ4n) is 2.75. The number of nitrogens with two attached hydrogens (primary N) is 1. The number of nitrogens with one attached hydrogen (secondary N) is 1. The number of benzene rings is 1. The lowest BCUT2D eigenvalue weighted by atomic mass is 10.2. The number of guanidine groups is 1. The fourth-order valence-corrected chi connectivity index (χ4v) is 2.75. The second kappa shape index (κ2) is 14.4. The number of aliphatic imine (C=N–C) groups is 1. The van der Waals surface area contributed by atoms with Gasteiger partial charge in [0, 0.05) is 32.8 Å². The third-order valence-electron chi connectivity index (χ3n) is 4.27. The number of hydrogen-bond donors (Lipinski definition) is 2. The lowest BCUT2D eigenvalue weighted by Gasteiger charge is -2.26. The molecule has 0 amide bonds. The van der Waals surface area contributed by atoms with Crippen molar-refractivity contribution in [3.05, 3.63) is 35.9 Å². The molecule has 0 atom stereocenters. The van der Waals surface area contributed by atoms with Gasteiger partial charge < -0.3 is 25.3 Å². The summed E-state index contributed by atoms with van der Waals surface area (Å²) in [6.45, 7) is 8.85. The maximum absolute atomic E-state index is 5.87. The van der Waals surface area contributed by atoms with Gasteiger partial charge in [0.05, 0.1) is 33.0 Å². The summed E-state index contributed by atoms with van der Waals surface area (Å²) in [6, 6.07) is 10.1. The third-order valence-corrected chi connectivity index (χ3v) is 4.27. The largest absolute Gasteiger partial charge is 0.379 e. The minimum Gasteiger partial charge on any atom is -0.379 e. The van der Waals surface area contributed by atoms with Gasteiger partial charge in [-0.15, -0.1) is 0 Å². The summed E-state index contributed by atoms with van der Waals surface area (Å²) < 4.78 is 16.5. The van der Waals surface area contributed by atoms with Gasteiger partial charge in [-0.1, -0.05) is 30.3 Å². The molecule has 7 nitrogen and oxygen atoms in total. The van der Waals surface area contributed by atoms with Crippen LogP contribution in [0, 0.1) is 0 Å². The van der Waals surface area contributed by atoms with Crippen molar-refractivity contribution < 1.29 is 14.2 Å². The molecule has 7 heteroatoms. The molecule has 1 aliphatic heterocycles. The van der Waals surface area contributed by atoms with E-state index < -0.39 is 0 Å². The molecular formula is C20H34N4O3. The van der Waals surface area contributed by atoms with Crippen molar-refractivity contribution in [2.24, 2.45) is 10.7 Å². The van der Waals surface area contributed by atoms with E-state index in [9.17, 15) is 0 Å². The summed E-state index contributed by atoms with van der Waals surface area (Å²) in [4.78, 5) is 6.74. The quantitative estimate of drug-likeness (QED) is 0.305. The Labute approximate surface area is 162 Å². The maximum atomic E-state index is 5.87. The van der Waals surface area contributed by atoms with Crippen LogP contribution in [-0.2, 0) is 20.8 Å². The van der Waals surface area contributed by atoms with Crippen LogP contribution in [0.5, 0.6) is 0 Å². The Balaban J connectivity index is 1.36. The van der Waals surface area contributed by atoms with Gasteiger partial charge in [-0.3, -0.25) is 9.89 Å². The predicted octanol–water partition coefficient (Wildman–Crippen LogP) is 1.24. The first kappa shape index (κ1) is 21.6. The molecule has 3 N–H and O–H groups in total. The molecule has 152 valence electrons. The monoisotopic (exact) mass is 378 g/mol. The zero-order valence-electron chi connectivity index (χ0n) is 16.3. The van der Waals surface area contributed by atoms with Crippen LogP contribution in [0.1, 0.15) is 18.4 Å². The van der Waals surface area contributed by atoms with E-state index in [4.69, 9.17) is 19.9 Å². The van der Waals surface area contributed by atoms with Crippen molar-refractivity contribution in [3.8, 4) is 0 Å². The molecule has 1 aliphatic rings. The summed E-state index contributed by atoms with van der Waals surface area (Å²) in [5.74, 6) is 0.517. The van der Waals surface area contributed by atoms with E-state index in [1.54, 1.807) is 0 Å². The van der Waals surface area contributed by atoms with Crippen molar-refractivity contribution in [1.82, 2.24) is 10.2 Å². The Morgan fingerprint density at radius 2 is 1.85 bits per heavy atom. The molecule has 27 heavy (non-hydrogen) atoms. The van der Waals surface area contributed by atoms with E-state index in [2.05, 4.69) is 27.3 Å². The molecule has 0 radical (unpaired) electrons. The Bertz CT molecular complexity index is 507. The van der Waals surface area contributed by atoms with E-state index >= 15 is 0 Å². The highest BCUT2D eigenvalue weighted by molar-refractivity contribution is 5.77. The fraction of sp³-hybridized carbons (Fsp3) is 0.650. The number of rotatable bonds is 13. The summed E-state index contributed by atoms with van der Waals surface area (Å²) in [7, 11) is 0.